The second kappa shape index (κ2) is 5.59. The van der Waals surface area contributed by atoms with Gasteiger partial charge >= 0.3 is 0 Å². The van der Waals surface area contributed by atoms with Crippen LogP contribution in [0, 0.1) is 24.1 Å². The lowest BCUT2D eigenvalue weighted by atomic mass is 10.1. The Hall–Kier alpha value is -2.26. The van der Waals surface area contributed by atoms with E-state index in [9.17, 15) is 9.50 Å². The number of nitriles is 1. The molecule has 0 radical (unpaired) electrons. The molecule has 1 heterocycles. The molecule has 1 unspecified atom stereocenters. The SMILES string of the molecule is Cc1cc(F)ccc1-c1noc(CC(O)CC#N)n1. The van der Waals surface area contributed by atoms with Crippen LogP contribution in [-0.4, -0.2) is 21.4 Å². The maximum Gasteiger partial charge on any atom is 0.229 e. The van der Waals surface area contributed by atoms with Gasteiger partial charge in [0.25, 0.3) is 0 Å². The molecule has 5 nitrogen and oxygen atoms in total. The van der Waals surface area contributed by atoms with Gasteiger partial charge in [-0.3, -0.25) is 0 Å². The van der Waals surface area contributed by atoms with Crippen LogP contribution in [0.2, 0.25) is 0 Å². The van der Waals surface area contributed by atoms with E-state index in [-0.39, 0.29) is 24.5 Å². The number of aromatic nitrogens is 2. The molecule has 1 aromatic carbocycles. The van der Waals surface area contributed by atoms with Crippen LogP contribution < -0.4 is 0 Å². The maximum absolute atomic E-state index is 13.0. The molecule has 0 fully saturated rings. The fourth-order valence-corrected chi connectivity index (χ4v) is 1.70. The molecule has 2 rings (SSSR count). The number of benzene rings is 1. The van der Waals surface area contributed by atoms with Crippen molar-refractivity contribution in [3.8, 4) is 17.5 Å². The zero-order valence-corrected chi connectivity index (χ0v) is 10.3. The van der Waals surface area contributed by atoms with E-state index in [0.29, 0.717) is 17.0 Å². The number of aryl methyl sites for hydroxylation is 1. The lowest BCUT2D eigenvalue weighted by Gasteiger charge is -2.00. The summed E-state index contributed by atoms with van der Waals surface area (Å²) in [4.78, 5) is 4.12. The van der Waals surface area contributed by atoms with Crippen molar-refractivity contribution in [2.45, 2.75) is 25.9 Å². The van der Waals surface area contributed by atoms with Gasteiger partial charge in [-0.15, -0.1) is 0 Å². The van der Waals surface area contributed by atoms with Crippen LogP contribution in [0.3, 0.4) is 0 Å². The Kier molecular flexibility index (Phi) is 3.88. The van der Waals surface area contributed by atoms with E-state index in [1.54, 1.807) is 13.0 Å². The zero-order chi connectivity index (χ0) is 13.8. The molecule has 0 saturated heterocycles. The molecule has 0 bridgehead atoms. The molecule has 98 valence electrons. The first-order valence-electron chi connectivity index (χ1n) is 5.74. The van der Waals surface area contributed by atoms with E-state index in [1.165, 1.54) is 12.1 Å². The van der Waals surface area contributed by atoms with Crippen LogP contribution in [0.25, 0.3) is 11.4 Å². The average Bonchev–Trinajstić information content (AvgIpc) is 2.77. The van der Waals surface area contributed by atoms with Crippen molar-refractivity contribution in [1.82, 2.24) is 10.1 Å². The van der Waals surface area contributed by atoms with E-state index in [2.05, 4.69) is 10.1 Å². The maximum atomic E-state index is 13.0. The van der Waals surface area contributed by atoms with E-state index in [1.807, 2.05) is 6.07 Å². The van der Waals surface area contributed by atoms with Crippen LogP contribution in [-0.2, 0) is 6.42 Å². The molecule has 0 aliphatic carbocycles. The predicted octanol–water partition coefficient (Wildman–Crippen LogP) is 2.00. The van der Waals surface area contributed by atoms with Crippen molar-refractivity contribution in [3.05, 3.63) is 35.5 Å². The van der Waals surface area contributed by atoms with Gasteiger partial charge in [0.1, 0.15) is 5.82 Å². The highest BCUT2D eigenvalue weighted by atomic mass is 19.1. The van der Waals surface area contributed by atoms with Gasteiger partial charge in [0, 0.05) is 5.56 Å². The van der Waals surface area contributed by atoms with Gasteiger partial charge in [-0.1, -0.05) is 5.16 Å². The Morgan fingerprint density at radius 3 is 3.00 bits per heavy atom. The summed E-state index contributed by atoms with van der Waals surface area (Å²) in [7, 11) is 0. The molecule has 0 aliphatic heterocycles. The van der Waals surface area contributed by atoms with Crippen molar-refractivity contribution < 1.29 is 14.0 Å². The van der Waals surface area contributed by atoms with E-state index in [0.717, 1.165) is 0 Å². The normalized spacial score (nSPS) is 12.1. The molecular formula is C13H12FN3O2. The Labute approximate surface area is 109 Å². The third-order valence-corrected chi connectivity index (χ3v) is 2.63. The fraction of sp³-hybridized carbons (Fsp3) is 0.308. The number of hydrogen-bond acceptors (Lipinski definition) is 5. The van der Waals surface area contributed by atoms with Crippen molar-refractivity contribution in [3.63, 3.8) is 0 Å². The standard InChI is InChI=1S/C13H12FN3O2/c1-8-6-9(14)2-3-11(8)13-16-12(19-17-13)7-10(18)4-5-15/h2-3,6,10,18H,4,7H2,1H3. The molecule has 19 heavy (non-hydrogen) atoms. The molecule has 6 heteroatoms. The van der Waals surface area contributed by atoms with Gasteiger partial charge in [-0.2, -0.15) is 10.2 Å². The lowest BCUT2D eigenvalue weighted by Crippen LogP contribution is -2.09. The zero-order valence-electron chi connectivity index (χ0n) is 10.3. The van der Waals surface area contributed by atoms with Gasteiger partial charge < -0.3 is 9.63 Å². The largest absolute Gasteiger partial charge is 0.392 e. The summed E-state index contributed by atoms with van der Waals surface area (Å²) in [6.07, 6.45) is -0.693. The second-order valence-corrected chi connectivity index (χ2v) is 4.19. The van der Waals surface area contributed by atoms with E-state index < -0.39 is 6.10 Å². The van der Waals surface area contributed by atoms with E-state index >= 15 is 0 Å². The van der Waals surface area contributed by atoms with E-state index in [4.69, 9.17) is 9.78 Å². The van der Waals surface area contributed by atoms with Gasteiger partial charge in [0.05, 0.1) is 25.0 Å². The molecule has 2 aromatic rings. The summed E-state index contributed by atoms with van der Waals surface area (Å²) in [5.74, 6) is 0.271. The lowest BCUT2D eigenvalue weighted by molar-refractivity contribution is 0.167. The first kappa shape index (κ1) is 13.2. The highest BCUT2D eigenvalue weighted by Crippen LogP contribution is 2.21. The molecule has 0 aliphatic rings. The Morgan fingerprint density at radius 1 is 1.53 bits per heavy atom. The molecule has 0 amide bonds. The molecule has 1 atom stereocenters. The first-order chi connectivity index (χ1) is 9.10. The quantitative estimate of drug-likeness (QED) is 0.910. The van der Waals surface area contributed by atoms with Crippen molar-refractivity contribution in [1.29, 1.82) is 5.26 Å². The van der Waals surface area contributed by atoms with Crippen LogP contribution in [0.1, 0.15) is 17.9 Å². The molecular weight excluding hydrogens is 249 g/mol. The monoisotopic (exact) mass is 261 g/mol. The summed E-state index contributed by atoms with van der Waals surface area (Å²) in [5, 5.41) is 21.7. The third kappa shape index (κ3) is 3.14. The Morgan fingerprint density at radius 2 is 2.32 bits per heavy atom. The molecule has 0 saturated carbocycles. The van der Waals surface area contributed by atoms with Crippen molar-refractivity contribution in [2.24, 2.45) is 0 Å². The molecule has 0 spiro atoms. The summed E-state index contributed by atoms with van der Waals surface area (Å²) >= 11 is 0. The average molecular weight is 261 g/mol. The van der Waals surface area contributed by atoms with Gasteiger partial charge in [-0.05, 0) is 30.7 Å². The number of nitrogens with zero attached hydrogens (tertiary/aromatic N) is 3. The van der Waals surface area contributed by atoms with Crippen LogP contribution in [0.4, 0.5) is 4.39 Å². The predicted molar refractivity (Wildman–Crippen MR) is 64.4 cm³/mol. The topological polar surface area (TPSA) is 82.9 Å². The minimum absolute atomic E-state index is 0.00723. The number of hydrogen-bond donors (Lipinski definition) is 1. The second-order valence-electron chi connectivity index (χ2n) is 4.19. The Balaban J connectivity index is 2.19. The van der Waals surface area contributed by atoms with Crippen molar-refractivity contribution in [2.75, 3.05) is 0 Å². The fourth-order valence-electron chi connectivity index (χ4n) is 1.70. The number of aliphatic hydroxyl groups is 1. The van der Waals surface area contributed by atoms with Gasteiger partial charge in [0.15, 0.2) is 0 Å². The van der Waals surface area contributed by atoms with Crippen LogP contribution >= 0.6 is 0 Å². The molecule has 1 aromatic heterocycles. The third-order valence-electron chi connectivity index (χ3n) is 2.63. The number of rotatable bonds is 4. The first-order valence-corrected chi connectivity index (χ1v) is 5.74. The summed E-state index contributed by atoms with van der Waals surface area (Å²) in [6, 6.07) is 6.14. The van der Waals surface area contributed by atoms with Gasteiger partial charge in [0.2, 0.25) is 11.7 Å². The van der Waals surface area contributed by atoms with Crippen LogP contribution in [0.5, 0.6) is 0 Å². The number of halogens is 1. The smallest absolute Gasteiger partial charge is 0.229 e. The van der Waals surface area contributed by atoms with Crippen LogP contribution in [0.15, 0.2) is 22.7 Å². The summed E-state index contributed by atoms with van der Waals surface area (Å²) < 4.78 is 18.0. The van der Waals surface area contributed by atoms with Crippen molar-refractivity contribution >= 4 is 0 Å². The highest BCUT2D eigenvalue weighted by molar-refractivity contribution is 5.59. The molecule has 1 N–H and O–H groups in total. The summed E-state index contributed by atoms with van der Waals surface area (Å²) in [5.41, 5.74) is 1.37. The Bertz CT molecular complexity index is 619. The minimum Gasteiger partial charge on any atom is -0.392 e. The summed E-state index contributed by atoms with van der Waals surface area (Å²) in [6.45, 7) is 1.75. The van der Waals surface area contributed by atoms with Gasteiger partial charge in [-0.25, -0.2) is 4.39 Å². The highest BCUT2D eigenvalue weighted by Gasteiger charge is 2.14. The number of aliphatic hydroxyl groups excluding tert-OH is 1. The minimum atomic E-state index is -0.826.